The zero-order valence-electron chi connectivity index (χ0n) is 19.4. The second-order valence-electron chi connectivity index (χ2n) is 8.04. The van der Waals surface area contributed by atoms with E-state index in [9.17, 15) is 19.8 Å². The molecule has 0 radical (unpaired) electrons. The quantitative estimate of drug-likeness (QED) is 0.165. The summed E-state index contributed by atoms with van der Waals surface area (Å²) in [5.74, 6) is 0.464. The number of hydrogen-bond donors (Lipinski definition) is 5. The maximum Gasteiger partial charge on any atom is 0.329 e. The number of nitrogens with two attached hydrogens (primary N) is 1. The van der Waals surface area contributed by atoms with Crippen LogP contribution in [0.1, 0.15) is 24.0 Å². The van der Waals surface area contributed by atoms with E-state index >= 15 is 0 Å². The molecule has 8 nitrogen and oxygen atoms in total. The van der Waals surface area contributed by atoms with E-state index < -0.39 is 24.0 Å². The minimum Gasteiger partial charge on any atom is -0.507 e. The van der Waals surface area contributed by atoms with E-state index in [-0.39, 0.29) is 11.5 Å². The van der Waals surface area contributed by atoms with Gasteiger partial charge in [0.2, 0.25) is 0 Å². The van der Waals surface area contributed by atoms with Crippen molar-refractivity contribution in [1.29, 1.82) is 0 Å². The molecule has 2 aromatic rings. The van der Waals surface area contributed by atoms with Gasteiger partial charge in [0, 0.05) is 22.6 Å². The number of thioether (sulfide) groups is 2. The average Bonchev–Trinajstić information content (AvgIpc) is 2.82. The summed E-state index contributed by atoms with van der Waals surface area (Å²) in [7, 11) is 0. The van der Waals surface area contributed by atoms with Gasteiger partial charge in [-0.05, 0) is 79.3 Å². The molecule has 0 aliphatic heterocycles. The van der Waals surface area contributed by atoms with Crippen LogP contribution in [-0.2, 0) is 22.4 Å². The molecular weight excluding hydrogens is 488 g/mol. The van der Waals surface area contributed by atoms with E-state index in [1.807, 2.05) is 24.3 Å². The molecule has 2 rings (SSSR count). The molecule has 190 valence electrons. The van der Waals surface area contributed by atoms with Gasteiger partial charge in [0.1, 0.15) is 17.5 Å². The monoisotopic (exact) mass is 520 g/mol. The van der Waals surface area contributed by atoms with Gasteiger partial charge in [-0.2, -0.15) is 23.5 Å². The lowest BCUT2D eigenvalue weighted by Gasteiger charge is -2.12. The van der Waals surface area contributed by atoms with Crippen molar-refractivity contribution in [3.63, 3.8) is 0 Å². The predicted octanol–water partition coefficient (Wildman–Crippen LogP) is 3.66. The normalized spacial score (nSPS) is 12.7. The third-order valence-electron chi connectivity index (χ3n) is 5.32. The van der Waals surface area contributed by atoms with Gasteiger partial charge in [0.15, 0.2) is 6.04 Å². The van der Waals surface area contributed by atoms with E-state index in [0.29, 0.717) is 22.6 Å². The number of benzene rings is 2. The summed E-state index contributed by atoms with van der Waals surface area (Å²) < 4.78 is 0. The van der Waals surface area contributed by atoms with Crippen molar-refractivity contribution in [2.75, 3.05) is 23.0 Å². The van der Waals surface area contributed by atoms with Crippen molar-refractivity contribution in [1.82, 2.24) is 0 Å². The molecule has 10 heteroatoms. The number of carboxylic acids is 2. The summed E-state index contributed by atoms with van der Waals surface area (Å²) in [5.41, 5.74) is 8.63. The Hall–Kier alpha value is -2.69. The van der Waals surface area contributed by atoms with Crippen LogP contribution in [0.2, 0.25) is 0 Å². The highest BCUT2D eigenvalue weighted by Crippen LogP contribution is 2.37. The molecule has 2 aromatic carbocycles. The van der Waals surface area contributed by atoms with Crippen LogP contribution < -0.4 is 5.73 Å². The van der Waals surface area contributed by atoms with Crippen LogP contribution in [0.15, 0.2) is 41.4 Å². The molecule has 35 heavy (non-hydrogen) atoms. The van der Waals surface area contributed by atoms with Gasteiger partial charge in [-0.15, -0.1) is 0 Å². The van der Waals surface area contributed by atoms with Gasteiger partial charge in [-0.25, -0.2) is 4.79 Å². The smallest absolute Gasteiger partial charge is 0.329 e. The van der Waals surface area contributed by atoms with Crippen LogP contribution in [0.25, 0.3) is 11.1 Å². The third kappa shape index (κ3) is 9.46. The number of carbonyl (C=O) groups is 2. The average molecular weight is 521 g/mol. The minimum absolute atomic E-state index is 0.0788. The first-order valence-corrected chi connectivity index (χ1v) is 13.5. The summed E-state index contributed by atoms with van der Waals surface area (Å²) in [6, 6.07) is 9.00. The summed E-state index contributed by atoms with van der Waals surface area (Å²) in [6.07, 6.45) is 3.15. The molecule has 2 atom stereocenters. The van der Waals surface area contributed by atoms with Crippen molar-refractivity contribution in [2.24, 2.45) is 10.7 Å². The van der Waals surface area contributed by atoms with Gasteiger partial charge in [-0.3, -0.25) is 9.79 Å². The lowest BCUT2D eigenvalue weighted by molar-refractivity contribution is -0.138. The summed E-state index contributed by atoms with van der Waals surface area (Å²) in [4.78, 5) is 25.4. The van der Waals surface area contributed by atoms with Crippen molar-refractivity contribution in [3.8, 4) is 22.6 Å². The SMILES string of the molecule is C=NC(CSCCCc1ccc(O)c(-c2cc(CCCSCC(N)C(=O)O)ccc2O)c1)C(=O)O. The van der Waals surface area contributed by atoms with E-state index in [0.717, 1.165) is 48.3 Å². The lowest BCUT2D eigenvalue weighted by Crippen LogP contribution is -2.32. The first-order valence-electron chi connectivity index (χ1n) is 11.2. The first-order chi connectivity index (χ1) is 16.7. The Bertz CT molecular complexity index is 1020. The molecule has 0 aliphatic carbocycles. The Labute approximate surface area is 213 Å². The number of phenols is 2. The van der Waals surface area contributed by atoms with E-state index in [1.54, 1.807) is 12.1 Å². The van der Waals surface area contributed by atoms with Crippen molar-refractivity contribution < 1.29 is 30.0 Å². The fourth-order valence-electron chi connectivity index (χ4n) is 3.34. The highest BCUT2D eigenvalue weighted by molar-refractivity contribution is 7.99. The number of rotatable bonds is 16. The minimum atomic E-state index is -1.00. The second kappa shape index (κ2) is 14.7. The van der Waals surface area contributed by atoms with Crippen molar-refractivity contribution in [3.05, 3.63) is 47.5 Å². The molecule has 0 amide bonds. The van der Waals surface area contributed by atoms with E-state index in [4.69, 9.17) is 15.9 Å². The number of aryl methyl sites for hydroxylation is 2. The Morgan fingerprint density at radius 3 is 1.77 bits per heavy atom. The summed E-state index contributed by atoms with van der Waals surface area (Å²) in [6.45, 7) is 3.31. The zero-order valence-corrected chi connectivity index (χ0v) is 21.1. The largest absolute Gasteiger partial charge is 0.507 e. The van der Waals surface area contributed by atoms with Crippen molar-refractivity contribution >= 4 is 42.2 Å². The molecule has 6 N–H and O–H groups in total. The molecule has 0 aliphatic rings. The fourth-order valence-corrected chi connectivity index (χ4v) is 5.24. The lowest BCUT2D eigenvalue weighted by atomic mass is 9.96. The summed E-state index contributed by atoms with van der Waals surface area (Å²) in [5, 5.41) is 38.7. The standard InChI is InChI=1S/C25H32N2O6S2/c1-27-21(25(32)33)15-35-11-3-5-17-7-9-23(29)19(13-17)18-12-16(6-8-22(18)28)4-2-10-34-14-20(26)24(30)31/h6-9,12-13,20-21,28-29H,1-5,10-11,14-15,26H2,(H,30,31)(H,32,33). The Morgan fingerprint density at radius 2 is 1.34 bits per heavy atom. The molecule has 0 heterocycles. The van der Waals surface area contributed by atoms with Crippen LogP contribution in [0.4, 0.5) is 0 Å². The molecule has 0 saturated carbocycles. The summed E-state index contributed by atoms with van der Waals surface area (Å²) >= 11 is 3.01. The van der Waals surface area contributed by atoms with Crippen LogP contribution in [-0.4, -0.2) is 74.2 Å². The fraction of sp³-hybridized carbons (Fsp3) is 0.400. The maximum atomic E-state index is 11.0. The van der Waals surface area contributed by atoms with Gasteiger partial charge in [0.05, 0.1) is 0 Å². The molecule has 0 bridgehead atoms. The molecule has 0 spiro atoms. The Balaban J connectivity index is 1.95. The molecule has 0 saturated heterocycles. The van der Waals surface area contributed by atoms with Gasteiger partial charge in [-0.1, -0.05) is 12.1 Å². The maximum absolute atomic E-state index is 11.0. The topological polar surface area (TPSA) is 153 Å². The number of aliphatic carboxylic acids is 2. The number of aliphatic imine (C=N–C) groups is 1. The van der Waals surface area contributed by atoms with Crippen LogP contribution in [0.5, 0.6) is 11.5 Å². The zero-order chi connectivity index (χ0) is 25.8. The predicted molar refractivity (Wildman–Crippen MR) is 143 cm³/mol. The third-order valence-corrected chi connectivity index (χ3v) is 7.62. The van der Waals surface area contributed by atoms with Crippen LogP contribution >= 0.6 is 23.5 Å². The number of nitrogens with zero attached hydrogens (tertiary/aromatic N) is 1. The second-order valence-corrected chi connectivity index (χ2v) is 10.3. The first kappa shape index (κ1) is 28.5. The number of carboxylic acid groups (broad SMARTS) is 2. The Morgan fingerprint density at radius 1 is 0.857 bits per heavy atom. The van der Waals surface area contributed by atoms with Crippen molar-refractivity contribution in [2.45, 2.75) is 37.8 Å². The molecule has 2 unspecified atom stereocenters. The molecule has 0 aromatic heterocycles. The van der Waals surface area contributed by atoms with Gasteiger partial charge < -0.3 is 26.2 Å². The van der Waals surface area contributed by atoms with E-state index in [2.05, 4.69) is 11.7 Å². The molecule has 0 fully saturated rings. The highest BCUT2D eigenvalue weighted by Gasteiger charge is 2.15. The number of aromatic hydroxyl groups is 2. The number of phenolic OH excluding ortho intramolecular Hbond substituents is 2. The molecular formula is C25H32N2O6S2. The number of hydrogen-bond acceptors (Lipinski definition) is 8. The van der Waals surface area contributed by atoms with Gasteiger partial charge >= 0.3 is 11.9 Å². The Kier molecular flexibility index (Phi) is 11.9. The van der Waals surface area contributed by atoms with E-state index in [1.165, 1.54) is 23.5 Å². The van der Waals surface area contributed by atoms with Gasteiger partial charge in [0.25, 0.3) is 0 Å². The van der Waals surface area contributed by atoms with Crippen LogP contribution in [0, 0.1) is 0 Å². The van der Waals surface area contributed by atoms with Crippen LogP contribution in [0.3, 0.4) is 0 Å². The highest BCUT2D eigenvalue weighted by atomic mass is 32.2.